The van der Waals surface area contributed by atoms with Gasteiger partial charge in [-0.2, -0.15) is 0 Å². The number of hydrogen-bond donors (Lipinski definition) is 3. The van der Waals surface area contributed by atoms with Crippen LogP contribution in [0.3, 0.4) is 0 Å². The molecule has 1 aromatic rings. The van der Waals surface area contributed by atoms with Gasteiger partial charge in [0, 0.05) is 11.8 Å². The van der Waals surface area contributed by atoms with Gasteiger partial charge in [-0.25, -0.2) is 14.0 Å². The van der Waals surface area contributed by atoms with Crippen LogP contribution in [0, 0.1) is 23.6 Å². The van der Waals surface area contributed by atoms with Crippen molar-refractivity contribution in [3.05, 3.63) is 35.6 Å². The number of benzene rings is 1. The van der Waals surface area contributed by atoms with Gasteiger partial charge in [0.1, 0.15) is 11.6 Å². The third kappa shape index (κ3) is 8.06. The lowest BCUT2D eigenvalue weighted by Crippen LogP contribution is -2.32. The van der Waals surface area contributed by atoms with E-state index in [-0.39, 0.29) is 18.0 Å². The van der Waals surface area contributed by atoms with E-state index in [2.05, 4.69) is 5.92 Å². The van der Waals surface area contributed by atoms with E-state index >= 15 is 0 Å². The number of terminal acetylenes is 1. The van der Waals surface area contributed by atoms with Crippen LogP contribution in [-0.2, 0) is 20.8 Å². The van der Waals surface area contributed by atoms with E-state index in [1.54, 1.807) is 12.1 Å². The number of Topliss-reactive ketones (excluding diaryl/α,β-unsaturated/α-hetero) is 1. The highest BCUT2D eigenvalue weighted by Crippen LogP contribution is 2.25. The first-order valence-corrected chi connectivity index (χ1v) is 6.95. The molecule has 0 bridgehead atoms. The molecule has 6 nitrogen and oxygen atoms in total. The van der Waals surface area contributed by atoms with Crippen LogP contribution in [0.2, 0.25) is 0 Å². The molecule has 0 amide bonds. The summed E-state index contributed by atoms with van der Waals surface area (Å²) in [7, 11) is 0. The number of ketones is 1. The van der Waals surface area contributed by atoms with E-state index < -0.39 is 23.4 Å². The first-order valence-electron chi connectivity index (χ1n) is 6.95. The molecule has 130 valence electrons. The highest BCUT2D eigenvalue weighted by molar-refractivity contribution is 6.27. The summed E-state index contributed by atoms with van der Waals surface area (Å²) < 4.78 is 12.8. The van der Waals surface area contributed by atoms with Crippen molar-refractivity contribution in [2.75, 3.05) is 0 Å². The van der Waals surface area contributed by atoms with Crippen molar-refractivity contribution in [3.8, 4) is 12.3 Å². The van der Waals surface area contributed by atoms with Gasteiger partial charge in [0.2, 0.25) is 0 Å². The molecule has 4 N–H and O–H groups in total. The fraction of sp³-hybridized carbons (Fsp3) is 0.353. The highest BCUT2D eigenvalue weighted by atomic mass is 19.1. The second-order valence-corrected chi connectivity index (χ2v) is 5.70. The number of nitrogens with two attached hydrogens (primary N) is 1. The van der Waals surface area contributed by atoms with Crippen LogP contribution in [0.1, 0.15) is 25.8 Å². The standard InChI is InChI=1S/C15H18FNO.C2H2O4/c1-4-13(17)9-14(18)15(2,3)10-11-5-7-12(16)8-6-11;3-1(4)2(5)6/h1,5-8,13H,9-10,17H2,2-3H3;(H,3,4)(H,5,6). The van der Waals surface area contributed by atoms with Crippen molar-refractivity contribution in [3.63, 3.8) is 0 Å². The number of carboxylic acids is 2. The van der Waals surface area contributed by atoms with Crippen LogP contribution in [-0.4, -0.2) is 34.0 Å². The summed E-state index contributed by atoms with van der Waals surface area (Å²) >= 11 is 0. The smallest absolute Gasteiger partial charge is 0.414 e. The van der Waals surface area contributed by atoms with Gasteiger partial charge in [-0.3, -0.25) is 4.79 Å². The maximum Gasteiger partial charge on any atom is 0.414 e. The van der Waals surface area contributed by atoms with Crippen LogP contribution >= 0.6 is 0 Å². The van der Waals surface area contributed by atoms with Crippen LogP contribution < -0.4 is 5.73 Å². The SMILES string of the molecule is C#CC(N)CC(=O)C(C)(C)Cc1ccc(F)cc1.O=C(O)C(=O)O. The zero-order chi connectivity index (χ0) is 18.9. The Labute approximate surface area is 139 Å². The fourth-order valence-corrected chi connectivity index (χ4v) is 1.75. The summed E-state index contributed by atoms with van der Waals surface area (Å²) in [5.41, 5.74) is 5.95. The Balaban J connectivity index is 0.000000754. The lowest BCUT2D eigenvalue weighted by molar-refractivity contribution is -0.159. The predicted octanol–water partition coefficient (Wildman–Crippen LogP) is 1.47. The molecule has 0 spiro atoms. The first-order chi connectivity index (χ1) is 11.0. The molecule has 7 heteroatoms. The molecule has 0 saturated carbocycles. The van der Waals surface area contributed by atoms with Gasteiger partial charge < -0.3 is 15.9 Å². The second-order valence-electron chi connectivity index (χ2n) is 5.70. The lowest BCUT2D eigenvalue weighted by Gasteiger charge is -2.24. The van der Waals surface area contributed by atoms with Crippen LogP contribution in [0.5, 0.6) is 0 Å². The maximum atomic E-state index is 12.8. The largest absolute Gasteiger partial charge is 0.473 e. The van der Waals surface area contributed by atoms with Gasteiger partial charge in [-0.05, 0) is 24.1 Å². The predicted molar refractivity (Wildman–Crippen MR) is 85.6 cm³/mol. The van der Waals surface area contributed by atoms with E-state index in [1.165, 1.54) is 12.1 Å². The number of carboxylic acid groups (broad SMARTS) is 2. The van der Waals surface area contributed by atoms with E-state index in [1.807, 2.05) is 13.8 Å². The van der Waals surface area contributed by atoms with Crippen LogP contribution in [0.25, 0.3) is 0 Å². The first kappa shape index (κ1) is 21.3. The minimum absolute atomic E-state index is 0.0253. The molecule has 0 aliphatic rings. The number of aliphatic carboxylic acids is 2. The summed E-state index contributed by atoms with van der Waals surface area (Å²) in [5, 5.41) is 14.8. The Morgan fingerprint density at radius 3 is 2.04 bits per heavy atom. The van der Waals surface area contributed by atoms with E-state index in [4.69, 9.17) is 32.0 Å². The van der Waals surface area contributed by atoms with Gasteiger partial charge >= 0.3 is 11.9 Å². The Morgan fingerprint density at radius 1 is 1.21 bits per heavy atom. The summed E-state index contributed by atoms with van der Waals surface area (Å²) in [5.74, 6) is -1.56. The van der Waals surface area contributed by atoms with E-state index in [0.29, 0.717) is 6.42 Å². The topological polar surface area (TPSA) is 118 Å². The molecule has 0 radical (unpaired) electrons. The van der Waals surface area contributed by atoms with Crippen LogP contribution in [0.15, 0.2) is 24.3 Å². The summed E-state index contributed by atoms with van der Waals surface area (Å²) in [6, 6.07) is 5.62. The van der Waals surface area contributed by atoms with Crippen molar-refractivity contribution in [1.29, 1.82) is 0 Å². The second kappa shape index (κ2) is 9.43. The normalized spacial score (nSPS) is 11.5. The lowest BCUT2D eigenvalue weighted by atomic mass is 9.79. The Morgan fingerprint density at radius 2 is 1.67 bits per heavy atom. The molecule has 1 aromatic carbocycles. The van der Waals surface area contributed by atoms with Crippen molar-refractivity contribution in [2.24, 2.45) is 11.1 Å². The molecule has 0 heterocycles. The summed E-state index contributed by atoms with van der Waals surface area (Å²) in [6.07, 6.45) is 5.88. The molecule has 1 unspecified atom stereocenters. The minimum Gasteiger partial charge on any atom is -0.473 e. The fourth-order valence-electron chi connectivity index (χ4n) is 1.75. The van der Waals surface area contributed by atoms with Gasteiger partial charge in [0.15, 0.2) is 0 Å². The molecular formula is C17H20FNO5. The van der Waals surface area contributed by atoms with Gasteiger partial charge in [-0.15, -0.1) is 6.42 Å². The monoisotopic (exact) mass is 337 g/mol. The van der Waals surface area contributed by atoms with Crippen molar-refractivity contribution < 1.29 is 29.0 Å². The van der Waals surface area contributed by atoms with Gasteiger partial charge in [0.05, 0.1) is 6.04 Å². The van der Waals surface area contributed by atoms with E-state index in [0.717, 1.165) is 5.56 Å². The Bertz CT molecular complexity index is 619. The number of halogens is 1. The molecular weight excluding hydrogens is 317 g/mol. The molecule has 0 fully saturated rings. The summed E-state index contributed by atoms with van der Waals surface area (Å²) in [4.78, 5) is 30.3. The van der Waals surface area contributed by atoms with Crippen LogP contribution in [0.4, 0.5) is 4.39 Å². The molecule has 24 heavy (non-hydrogen) atoms. The molecule has 1 atom stereocenters. The third-order valence-corrected chi connectivity index (χ3v) is 3.12. The highest BCUT2D eigenvalue weighted by Gasteiger charge is 2.28. The Hall–Kier alpha value is -2.72. The zero-order valence-corrected chi connectivity index (χ0v) is 13.5. The number of hydrogen-bond acceptors (Lipinski definition) is 4. The number of carbonyl (C=O) groups excluding carboxylic acids is 1. The number of carbonyl (C=O) groups is 3. The minimum atomic E-state index is -1.82. The molecule has 0 aliphatic carbocycles. The Kier molecular flexibility index (Phi) is 8.36. The molecule has 0 aromatic heterocycles. The molecule has 0 aliphatic heterocycles. The van der Waals surface area contributed by atoms with Gasteiger partial charge in [-0.1, -0.05) is 31.9 Å². The van der Waals surface area contributed by atoms with Gasteiger partial charge in [0.25, 0.3) is 0 Å². The third-order valence-electron chi connectivity index (χ3n) is 3.12. The van der Waals surface area contributed by atoms with Crippen molar-refractivity contribution >= 4 is 17.7 Å². The van der Waals surface area contributed by atoms with E-state index in [9.17, 15) is 9.18 Å². The van der Waals surface area contributed by atoms with Crippen molar-refractivity contribution in [2.45, 2.75) is 32.7 Å². The maximum absolute atomic E-state index is 12.8. The average molecular weight is 337 g/mol. The summed E-state index contributed by atoms with van der Waals surface area (Å²) in [6.45, 7) is 3.70. The zero-order valence-electron chi connectivity index (χ0n) is 13.5. The van der Waals surface area contributed by atoms with Crippen molar-refractivity contribution in [1.82, 2.24) is 0 Å². The average Bonchev–Trinajstić information content (AvgIpc) is 2.49. The molecule has 0 saturated heterocycles. The quantitative estimate of drug-likeness (QED) is 0.553. The number of rotatable bonds is 5. The molecule has 1 rings (SSSR count).